The number of carbonyl (C=O) groups excluding carboxylic acids is 1. The van der Waals surface area contributed by atoms with E-state index in [4.69, 9.17) is 5.11 Å². The number of rotatable bonds is 3. The highest BCUT2D eigenvalue weighted by Gasteiger charge is 2.40. The molecule has 1 aromatic rings. The Kier molecular flexibility index (Phi) is 2.90. The Bertz CT molecular complexity index is 499. The highest BCUT2D eigenvalue weighted by Crippen LogP contribution is 2.42. The third kappa shape index (κ3) is 2.06. The van der Waals surface area contributed by atoms with E-state index in [0.717, 1.165) is 19.6 Å². The van der Waals surface area contributed by atoms with Gasteiger partial charge >= 0.3 is 5.97 Å². The molecule has 3 heterocycles. The first-order valence-electron chi connectivity index (χ1n) is 6.71. The van der Waals surface area contributed by atoms with Gasteiger partial charge in [0.15, 0.2) is 0 Å². The van der Waals surface area contributed by atoms with Gasteiger partial charge in [0.1, 0.15) is 0 Å². The summed E-state index contributed by atoms with van der Waals surface area (Å²) in [6, 6.07) is 7.19. The second-order valence-corrected chi connectivity index (χ2v) is 5.58. The van der Waals surface area contributed by atoms with Crippen LogP contribution in [0.15, 0.2) is 24.3 Å². The van der Waals surface area contributed by atoms with Crippen molar-refractivity contribution in [3.63, 3.8) is 0 Å². The minimum absolute atomic E-state index is 0.250. The van der Waals surface area contributed by atoms with Gasteiger partial charge in [-0.25, -0.2) is 4.79 Å². The number of carboxylic acids is 1. The first kappa shape index (κ1) is 12.4. The van der Waals surface area contributed by atoms with Crippen LogP contribution in [0, 0.1) is 0 Å². The summed E-state index contributed by atoms with van der Waals surface area (Å²) >= 11 is 0. The maximum atomic E-state index is 11.4. The molecule has 1 N–H and O–H groups in total. The zero-order chi connectivity index (χ0) is 13.5. The Morgan fingerprint density at radius 1 is 1.00 bits per heavy atom. The summed E-state index contributed by atoms with van der Waals surface area (Å²) in [6.07, 6.45) is 3.50. The van der Waals surface area contributed by atoms with Crippen molar-refractivity contribution in [1.82, 2.24) is 4.90 Å². The van der Waals surface area contributed by atoms with E-state index in [9.17, 15) is 9.59 Å². The number of carboxylic acid groups (broad SMARTS) is 1. The van der Waals surface area contributed by atoms with Crippen molar-refractivity contribution in [2.24, 2.45) is 0 Å². The van der Waals surface area contributed by atoms with Crippen LogP contribution >= 0.6 is 0 Å². The molecule has 3 aliphatic rings. The molecule has 3 saturated heterocycles. The third-order valence-electron chi connectivity index (χ3n) is 4.67. The van der Waals surface area contributed by atoms with Crippen LogP contribution in [0.1, 0.15) is 35.2 Å². The van der Waals surface area contributed by atoms with Crippen molar-refractivity contribution in [2.75, 3.05) is 19.6 Å². The number of benzene rings is 1. The fraction of sp³-hybridized carbons (Fsp3) is 0.467. The molecule has 3 fully saturated rings. The van der Waals surface area contributed by atoms with E-state index in [-0.39, 0.29) is 11.0 Å². The predicted molar refractivity (Wildman–Crippen MR) is 70.4 cm³/mol. The molecular formula is C15H17NO3. The molecule has 0 atom stereocenters. The van der Waals surface area contributed by atoms with Crippen molar-refractivity contribution in [3.05, 3.63) is 35.4 Å². The van der Waals surface area contributed by atoms with Crippen LogP contribution in [0.5, 0.6) is 0 Å². The molecule has 1 aromatic carbocycles. The second-order valence-electron chi connectivity index (χ2n) is 5.58. The lowest BCUT2D eigenvalue weighted by Crippen LogP contribution is -2.50. The van der Waals surface area contributed by atoms with Crippen LogP contribution in [0.25, 0.3) is 0 Å². The van der Waals surface area contributed by atoms with Crippen LogP contribution in [0.4, 0.5) is 0 Å². The monoisotopic (exact) mass is 259 g/mol. The van der Waals surface area contributed by atoms with Crippen molar-refractivity contribution < 1.29 is 14.7 Å². The molecular weight excluding hydrogens is 242 g/mol. The maximum Gasteiger partial charge on any atom is 0.377 e. The first-order valence-corrected chi connectivity index (χ1v) is 6.71. The molecule has 0 aliphatic carbocycles. The van der Waals surface area contributed by atoms with E-state index in [0.29, 0.717) is 0 Å². The average Bonchev–Trinajstić information content (AvgIpc) is 2.48. The van der Waals surface area contributed by atoms with Gasteiger partial charge < -0.3 is 10.0 Å². The topological polar surface area (TPSA) is 57.6 Å². The number of nitrogens with zero attached hydrogens (tertiary/aromatic N) is 1. The van der Waals surface area contributed by atoms with Crippen molar-refractivity contribution in [3.8, 4) is 0 Å². The molecule has 0 amide bonds. The normalized spacial score (nSPS) is 29.2. The Morgan fingerprint density at radius 3 is 2.00 bits per heavy atom. The Morgan fingerprint density at radius 2 is 1.53 bits per heavy atom. The molecule has 0 spiro atoms. The van der Waals surface area contributed by atoms with E-state index in [1.54, 1.807) is 12.1 Å². The SMILES string of the molecule is O=C(O)C(=O)c1ccc(C23CCN(CC2)CC3)cc1. The zero-order valence-corrected chi connectivity index (χ0v) is 10.8. The minimum atomic E-state index is -1.39. The van der Waals surface area contributed by atoms with Crippen molar-refractivity contribution in [1.29, 1.82) is 0 Å². The van der Waals surface area contributed by atoms with Gasteiger partial charge in [-0.2, -0.15) is 0 Å². The van der Waals surface area contributed by atoms with E-state index in [1.807, 2.05) is 12.1 Å². The van der Waals surface area contributed by atoms with E-state index in [2.05, 4.69) is 4.90 Å². The predicted octanol–water partition coefficient (Wildman–Crippen LogP) is 1.69. The quantitative estimate of drug-likeness (QED) is 0.663. The van der Waals surface area contributed by atoms with Gasteiger partial charge in [-0.1, -0.05) is 24.3 Å². The lowest BCUT2D eigenvalue weighted by atomic mass is 9.67. The van der Waals surface area contributed by atoms with Crippen LogP contribution in [-0.4, -0.2) is 41.4 Å². The number of ketones is 1. The van der Waals surface area contributed by atoms with E-state index < -0.39 is 11.8 Å². The summed E-state index contributed by atoms with van der Waals surface area (Å²) < 4.78 is 0. The number of hydrogen-bond donors (Lipinski definition) is 1. The summed E-state index contributed by atoms with van der Waals surface area (Å²) in [5.74, 6) is -2.22. The van der Waals surface area contributed by atoms with Gasteiger partial charge in [0.25, 0.3) is 5.78 Å². The molecule has 0 radical (unpaired) electrons. The summed E-state index contributed by atoms with van der Waals surface area (Å²) in [5, 5.41) is 8.70. The molecule has 2 bridgehead atoms. The molecule has 0 unspecified atom stereocenters. The summed E-state index contributed by atoms with van der Waals surface area (Å²) in [4.78, 5) is 24.5. The van der Waals surface area contributed by atoms with Crippen LogP contribution < -0.4 is 0 Å². The average molecular weight is 259 g/mol. The Hall–Kier alpha value is -1.68. The number of Topliss-reactive ketones (excluding diaryl/α,β-unsaturated/α-hetero) is 1. The third-order valence-corrected chi connectivity index (χ3v) is 4.67. The highest BCUT2D eigenvalue weighted by atomic mass is 16.4. The second kappa shape index (κ2) is 4.46. The first-order chi connectivity index (χ1) is 9.11. The molecule has 19 heavy (non-hydrogen) atoms. The Labute approximate surface area is 112 Å². The molecule has 4 rings (SSSR count). The summed E-state index contributed by atoms with van der Waals surface area (Å²) in [5.41, 5.74) is 1.77. The van der Waals surface area contributed by atoms with Gasteiger partial charge in [-0.15, -0.1) is 0 Å². The highest BCUT2D eigenvalue weighted by molar-refractivity contribution is 6.39. The van der Waals surface area contributed by atoms with E-state index >= 15 is 0 Å². The summed E-state index contributed by atoms with van der Waals surface area (Å²) in [6.45, 7) is 3.45. The molecule has 3 aliphatic heterocycles. The lowest BCUT2D eigenvalue weighted by Gasteiger charge is -2.48. The number of aliphatic carboxylic acids is 1. The lowest BCUT2D eigenvalue weighted by molar-refractivity contribution is -0.131. The van der Waals surface area contributed by atoms with Gasteiger partial charge in [0, 0.05) is 5.56 Å². The molecule has 100 valence electrons. The zero-order valence-electron chi connectivity index (χ0n) is 10.8. The molecule has 4 heteroatoms. The smallest absolute Gasteiger partial charge is 0.377 e. The molecule has 0 aromatic heterocycles. The number of fused-ring (bicyclic) bond motifs is 3. The maximum absolute atomic E-state index is 11.4. The summed E-state index contributed by atoms with van der Waals surface area (Å²) in [7, 11) is 0. The Balaban J connectivity index is 1.86. The minimum Gasteiger partial charge on any atom is -0.475 e. The molecule has 0 saturated carbocycles. The van der Waals surface area contributed by atoms with Crippen molar-refractivity contribution in [2.45, 2.75) is 24.7 Å². The van der Waals surface area contributed by atoms with Gasteiger partial charge in [0.05, 0.1) is 0 Å². The number of hydrogen-bond acceptors (Lipinski definition) is 3. The standard InChI is InChI=1S/C15H17NO3/c17-13(14(18)19)11-1-3-12(4-2-11)15-5-8-16(9-6-15)10-7-15/h1-4H,5-10H2,(H,18,19). The van der Waals surface area contributed by atoms with Crippen molar-refractivity contribution >= 4 is 11.8 Å². The van der Waals surface area contributed by atoms with Crippen LogP contribution in [-0.2, 0) is 10.2 Å². The fourth-order valence-corrected chi connectivity index (χ4v) is 3.36. The van der Waals surface area contributed by atoms with Crippen LogP contribution in [0.2, 0.25) is 0 Å². The number of carbonyl (C=O) groups is 2. The van der Waals surface area contributed by atoms with Crippen LogP contribution in [0.3, 0.4) is 0 Å². The largest absolute Gasteiger partial charge is 0.475 e. The van der Waals surface area contributed by atoms with Gasteiger partial charge in [-0.3, -0.25) is 4.79 Å². The number of piperidine rings is 3. The van der Waals surface area contributed by atoms with Gasteiger partial charge in [-0.05, 0) is 49.9 Å². The molecule has 4 nitrogen and oxygen atoms in total. The van der Waals surface area contributed by atoms with E-state index in [1.165, 1.54) is 24.8 Å². The fourth-order valence-electron chi connectivity index (χ4n) is 3.36. The van der Waals surface area contributed by atoms with Gasteiger partial charge in [0.2, 0.25) is 0 Å².